The van der Waals surface area contributed by atoms with Crippen LogP contribution in [0.2, 0.25) is 0 Å². The molecule has 0 amide bonds. The van der Waals surface area contributed by atoms with Crippen LogP contribution >= 0.6 is 0 Å². The van der Waals surface area contributed by atoms with Gasteiger partial charge in [-0.1, -0.05) is 18.2 Å². The fourth-order valence-electron chi connectivity index (χ4n) is 2.72. The van der Waals surface area contributed by atoms with E-state index in [1.807, 2.05) is 18.2 Å². The Morgan fingerprint density at radius 1 is 1.38 bits per heavy atom. The topological polar surface area (TPSA) is 39.5 Å². The van der Waals surface area contributed by atoms with Crippen LogP contribution in [0.3, 0.4) is 0 Å². The number of hydrogen-bond donors (Lipinski definition) is 0. The Morgan fingerprint density at radius 3 is 2.81 bits per heavy atom. The minimum Gasteiger partial charge on any atom is -0.374 e. The van der Waals surface area contributed by atoms with Gasteiger partial charge in [-0.2, -0.15) is 5.26 Å². The van der Waals surface area contributed by atoms with Crippen LogP contribution in [0.25, 0.3) is 0 Å². The van der Waals surface area contributed by atoms with Gasteiger partial charge in [-0.25, -0.2) is 0 Å². The molecule has 4 heteroatoms. The Bertz CT molecular complexity index is 455. The van der Waals surface area contributed by atoms with E-state index < -0.39 is 0 Å². The summed E-state index contributed by atoms with van der Waals surface area (Å²) in [5.41, 5.74) is 1.16. The first-order valence-corrected chi connectivity index (χ1v) is 7.73. The first-order valence-electron chi connectivity index (χ1n) is 7.73. The van der Waals surface area contributed by atoms with Gasteiger partial charge in [0.2, 0.25) is 0 Å². The van der Waals surface area contributed by atoms with E-state index in [0.717, 1.165) is 38.5 Å². The zero-order valence-electron chi connectivity index (χ0n) is 13.0. The predicted octanol–water partition coefficient (Wildman–Crippen LogP) is 2.52. The van der Waals surface area contributed by atoms with Crippen molar-refractivity contribution < 1.29 is 4.74 Å². The Kier molecular flexibility index (Phi) is 6.04. The van der Waals surface area contributed by atoms with Gasteiger partial charge in [0.05, 0.1) is 25.2 Å². The summed E-state index contributed by atoms with van der Waals surface area (Å²) in [6.07, 6.45) is 0.746. The predicted molar refractivity (Wildman–Crippen MR) is 85.3 cm³/mol. The molecule has 4 nitrogen and oxygen atoms in total. The van der Waals surface area contributed by atoms with Crippen molar-refractivity contribution in [1.82, 2.24) is 4.90 Å². The average Bonchev–Trinajstić information content (AvgIpc) is 2.52. The quantitative estimate of drug-likeness (QED) is 0.806. The van der Waals surface area contributed by atoms with Crippen molar-refractivity contribution in [3.8, 4) is 6.07 Å². The molecule has 0 aromatic heterocycles. The Hall–Kier alpha value is -1.57. The molecular weight excluding hydrogens is 262 g/mol. The van der Waals surface area contributed by atoms with Crippen molar-refractivity contribution in [2.75, 3.05) is 37.7 Å². The molecule has 21 heavy (non-hydrogen) atoms. The van der Waals surface area contributed by atoms with Crippen molar-refractivity contribution in [3.05, 3.63) is 30.3 Å². The van der Waals surface area contributed by atoms with Crippen LogP contribution in [0.4, 0.5) is 5.69 Å². The highest BCUT2D eigenvalue weighted by Crippen LogP contribution is 2.17. The lowest BCUT2D eigenvalue weighted by Gasteiger charge is -2.38. The van der Waals surface area contributed by atoms with Crippen LogP contribution in [0.5, 0.6) is 0 Å². The molecule has 0 bridgehead atoms. The van der Waals surface area contributed by atoms with E-state index in [1.54, 1.807) is 0 Å². The van der Waals surface area contributed by atoms with Crippen LogP contribution in [0, 0.1) is 11.3 Å². The van der Waals surface area contributed by atoms with Gasteiger partial charge in [-0.3, -0.25) is 4.90 Å². The molecule has 1 aromatic carbocycles. The van der Waals surface area contributed by atoms with Crippen LogP contribution in [0.1, 0.15) is 20.3 Å². The van der Waals surface area contributed by atoms with E-state index >= 15 is 0 Å². The van der Waals surface area contributed by atoms with E-state index in [-0.39, 0.29) is 6.10 Å². The second-order valence-corrected chi connectivity index (χ2v) is 5.77. The van der Waals surface area contributed by atoms with Gasteiger partial charge in [0.25, 0.3) is 0 Å². The third-order valence-electron chi connectivity index (χ3n) is 3.94. The van der Waals surface area contributed by atoms with Crippen molar-refractivity contribution in [3.63, 3.8) is 0 Å². The molecule has 1 saturated heterocycles. The molecule has 0 saturated carbocycles. The van der Waals surface area contributed by atoms with Gasteiger partial charge in [0.15, 0.2) is 0 Å². The molecular formula is C17H25N3O. The number of benzene rings is 1. The second kappa shape index (κ2) is 8.02. The minimum absolute atomic E-state index is 0.208. The lowest BCUT2D eigenvalue weighted by atomic mass is 10.2. The summed E-state index contributed by atoms with van der Waals surface area (Å²) in [5, 5.41) is 8.87. The van der Waals surface area contributed by atoms with Crippen LogP contribution in [0.15, 0.2) is 30.3 Å². The molecule has 0 aliphatic carbocycles. The number of anilines is 1. The van der Waals surface area contributed by atoms with Crippen LogP contribution in [-0.2, 0) is 4.74 Å². The minimum atomic E-state index is 0.208. The summed E-state index contributed by atoms with van der Waals surface area (Å²) < 4.78 is 5.92. The maximum absolute atomic E-state index is 8.87. The van der Waals surface area contributed by atoms with E-state index in [0.29, 0.717) is 12.5 Å². The Balaban J connectivity index is 2.00. The fourth-order valence-corrected chi connectivity index (χ4v) is 2.72. The van der Waals surface area contributed by atoms with E-state index in [4.69, 9.17) is 10.00 Å². The van der Waals surface area contributed by atoms with Gasteiger partial charge in [-0.15, -0.1) is 0 Å². The van der Waals surface area contributed by atoms with Gasteiger partial charge in [0, 0.05) is 37.9 Å². The summed E-state index contributed by atoms with van der Waals surface area (Å²) in [6.45, 7) is 8.83. The summed E-state index contributed by atoms with van der Waals surface area (Å²) in [6, 6.07) is 13.1. The maximum Gasteiger partial charge on any atom is 0.0877 e. The van der Waals surface area contributed by atoms with Crippen LogP contribution < -0.4 is 4.90 Å². The highest BCUT2D eigenvalue weighted by atomic mass is 16.5. The van der Waals surface area contributed by atoms with Gasteiger partial charge < -0.3 is 9.64 Å². The summed E-state index contributed by atoms with van der Waals surface area (Å²) in [5.74, 6) is 0. The van der Waals surface area contributed by atoms with Crippen LogP contribution in [-0.4, -0.2) is 49.8 Å². The third-order valence-corrected chi connectivity index (χ3v) is 3.94. The number of ether oxygens (including phenoxy) is 1. The SMILES string of the molecule is CC(C)N1CCOC(CN(CCC#N)c2ccccc2)C1. The zero-order chi connectivity index (χ0) is 15.1. The van der Waals surface area contributed by atoms with E-state index in [1.165, 1.54) is 0 Å². The first-order chi connectivity index (χ1) is 10.2. The summed E-state index contributed by atoms with van der Waals surface area (Å²) in [7, 11) is 0. The van der Waals surface area contributed by atoms with Gasteiger partial charge >= 0.3 is 0 Å². The molecule has 1 aromatic rings. The highest BCUT2D eigenvalue weighted by molar-refractivity contribution is 5.46. The van der Waals surface area contributed by atoms with E-state index in [2.05, 4.69) is 41.8 Å². The average molecular weight is 287 g/mol. The highest BCUT2D eigenvalue weighted by Gasteiger charge is 2.24. The standard InChI is InChI=1S/C17H25N3O/c1-15(2)19-11-12-21-17(13-19)14-20(10-6-9-18)16-7-4-3-5-8-16/h3-5,7-8,15,17H,6,10-14H2,1-2H3. The van der Waals surface area contributed by atoms with E-state index in [9.17, 15) is 0 Å². The molecule has 1 fully saturated rings. The number of nitrogens with zero attached hydrogens (tertiary/aromatic N) is 3. The van der Waals surface area contributed by atoms with Crippen molar-refractivity contribution in [1.29, 1.82) is 5.26 Å². The number of morpholine rings is 1. The molecule has 0 N–H and O–H groups in total. The lowest BCUT2D eigenvalue weighted by Crippen LogP contribution is -2.50. The maximum atomic E-state index is 8.87. The Morgan fingerprint density at radius 2 is 2.14 bits per heavy atom. The molecule has 0 radical (unpaired) electrons. The molecule has 1 atom stereocenters. The van der Waals surface area contributed by atoms with Gasteiger partial charge in [-0.05, 0) is 26.0 Å². The smallest absolute Gasteiger partial charge is 0.0877 e. The molecule has 1 aliphatic rings. The molecule has 1 unspecified atom stereocenters. The number of rotatable bonds is 6. The molecule has 2 rings (SSSR count). The van der Waals surface area contributed by atoms with Crippen molar-refractivity contribution >= 4 is 5.69 Å². The second-order valence-electron chi connectivity index (χ2n) is 5.77. The molecule has 1 aliphatic heterocycles. The summed E-state index contributed by atoms with van der Waals surface area (Å²) >= 11 is 0. The summed E-state index contributed by atoms with van der Waals surface area (Å²) in [4.78, 5) is 4.72. The number of para-hydroxylation sites is 1. The monoisotopic (exact) mass is 287 g/mol. The molecule has 114 valence electrons. The first kappa shape index (κ1) is 15.8. The normalized spacial score (nSPS) is 19.4. The molecule has 0 spiro atoms. The number of nitriles is 1. The lowest BCUT2D eigenvalue weighted by molar-refractivity contribution is -0.0342. The zero-order valence-corrected chi connectivity index (χ0v) is 13.0. The fraction of sp³-hybridized carbons (Fsp3) is 0.588. The van der Waals surface area contributed by atoms with Gasteiger partial charge in [0.1, 0.15) is 0 Å². The van der Waals surface area contributed by atoms with Crippen molar-refractivity contribution in [2.45, 2.75) is 32.4 Å². The van der Waals surface area contributed by atoms with Crippen molar-refractivity contribution in [2.24, 2.45) is 0 Å². The number of hydrogen-bond acceptors (Lipinski definition) is 4. The third kappa shape index (κ3) is 4.73. The largest absolute Gasteiger partial charge is 0.374 e. The molecule has 1 heterocycles. The Labute approximate surface area is 127 Å².